The van der Waals surface area contributed by atoms with Crippen LogP contribution in [0.5, 0.6) is 5.75 Å². The van der Waals surface area contributed by atoms with E-state index in [9.17, 15) is 9.59 Å². The van der Waals surface area contributed by atoms with Gasteiger partial charge in [-0.25, -0.2) is 0 Å². The van der Waals surface area contributed by atoms with Crippen LogP contribution < -0.4 is 10.1 Å². The molecule has 1 rings (SSSR count). The van der Waals surface area contributed by atoms with Gasteiger partial charge in [-0.3, -0.25) is 9.59 Å². The first-order chi connectivity index (χ1) is 9.70. The monoisotopic (exact) mass is 419 g/mol. The van der Waals surface area contributed by atoms with E-state index in [1.54, 1.807) is 19.1 Å². The lowest BCUT2D eigenvalue weighted by molar-refractivity contribution is -0.129. The molecule has 0 saturated heterocycles. The molecule has 1 aromatic rings. The Morgan fingerprint density at radius 3 is 2.33 bits per heavy atom. The van der Waals surface area contributed by atoms with Gasteiger partial charge in [-0.05, 0) is 71.2 Å². The van der Waals surface area contributed by atoms with Crippen LogP contribution in [0.2, 0.25) is 0 Å². The van der Waals surface area contributed by atoms with Crippen LogP contribution in [0.25, 0.3) is 0 Å². The van der Waals surface area contributed by atoms with Gasteiger partial charge in [0.15, 0.2) is 6.10 Å². The maximum atomic E-state index is 12.1. The second kappa shape index (κ2) is 7.40. The van der Waals surface area contributed by atoms with Crippen molar-refractivity contribution in [2.45, 2.75) is 45.8 Å². The minimum absolute atomic E-state index is 0.180. The summed E-state index contributed by atoms with van der Waals surface area (Å²) in [5.74, 6) is 0.317. The first-order valence-corrected chi connectivity index (χ1v) is 8.21. The van der Waals surface area contributed by atoms with Gasteiger partial charge in [-0.2, -0.15) is 0 Å². The highest BCUT2D eigenvalue weighted by Gasteiger charge is 2.24. The number of rotatable bonds is 6. The molecule has 0 aliphatic carbocycles. The molecule has 116 valence electrons. The van der Waals surface area contributed by atoms with Crippen molar-refractivity contribution in [2.24, 2.45) is 0 Å². The zero-order valence-electron chi connectivity index (χ0n) is 12.5. The number of hydrogen-bond acceptors (Lipinski definition) is 3. The summed E-state index contributed by atoms with van der Waals surface area (Å²) in [6, 6.07) is 3.29. The van der Waals surface area contributed by atoms with E-state index < -0.39 is 6.10 Å². The molecule has 4 nitrogen and oxygen atoms in total. The highest BCUT2D eigenvalue weighted by Crippen LogP contribution is 2.35. The summed E-state index contributed by atoms with van der Waals surface area (Å²) in [7, 11) is 0. The van der Waals surface area contributed by atoms with Gasteiger partial charge >= 0.3 is 0 Å². The van der Waals surface area contributed by atoms with Crippen molar-refractivity contribution in [1.29, 1.82) is 0 Å². The van der Waals surface area contributed by atoms with Gasteiger partial charge in [0.25, 0.3) is 5.91 Å². The van der Waals surface area contributed by atoms with Gasteiger partial charge in [0.2, 0.25) is 0 Å². The van der Waals surface area contributed by atoms with E-state index in [1.165, 1.54) is 0 Å². The topological polar surface area (TPSA) is 55.4 Å². The maximum Gasteiger partial charge on any atom is 0.261 e. The third-order valence-corrected chi connectivity index (χ3v) is 4.34. The molecular formula is C15H19Br2NO3. The zero-order chi connectivity index (χ0) is 16.2. The highest BCUT2D eigenvalue weighted by atomic mass is 79.9. The number of nitrogens with one attached hydrogen (secondary N) is 1. The quantitative estimate of drug-likeness (QED) is 0.705. The molecule has 6 heteroatoms. The fraction of sp³-hybridized carbons (Fsp3) is 0.467. The number of carbonyl (C=O) groups is 2. The molecule has 0 bridgehead atoms. The van der Waals surface area contributed by atoms with Crippen LogP contribution in [0.4, 0.5) is 0 Å². The fourth-order valence-corrected chi connectivity index (χ4v) is 2.92. The molecular weight excluding hydrogens is 402 g/mol. The van der Waals surface area contributed by atoms with E-state index in [1.807, 2.05) is 20.8 Å². The summed E-state index contributed by atoms with van der Waals surface area (Å²) < 4.78 is 6.94. The molecule has 1 unspecified atom stereocenters. The molecule has 0 aromatic heterocycles. The van der Waals surface area contributed by atoms with Crippen LogP contribution in [0.1, 0.15) is 44.5 Å². The predicted octanol–water partition coefficient (Wildman–Crippen LogP) is 4.10. The van der Waals surface area contributed by atoms with E-state index >= 15 is 0 Å². The van der Waals surface area contributed by atoms with E-state index in [0.29, 0.717) is 20.3 Å². The Kier molecular flexibility index (Phi) is 6.41. The Hall–Kier alpha value is -0.880. The fourth-order valence-electron chi connectivity index (χ4n) is 1.51. The molecule has 0 saturated carbocycles. The third kappa shape index (κ3) is 5.11. The summed E-state index contributed by atoms with van der Waals surface area (Å²) in [6.07, 6.45) is 0.928. The van der Waals surface area contributed by atoms with Crippen molar-refractivity contribution in [2.75, 3.05) is 0 Å². The lowest BCUT2D eigenvalue weighted by Crippen LogP contribution is -2.48. The summed E-state index contributed by atoms with van der Waals surface area (Å²) in [5, 5.41) is 2.94. The maximum absolute atomic E-state index is 12.1. The van der Waals surface area contributed by atoms with Gasteiger partial charge in [0.05, 0.1) is 8.95 Å². The number of benzene rings is 1. The van der Waals surface area contributed by atoms with Crippen molar-refractivity contribution >= 4 is 44.1 Å². The Morgan fingerprint density at radius 1 is 1.38 bits per heavy atom. The molecule has 21 heavy (non-hydrogen) atoms. The number of aldehydes is 1. The largest absolute Gasteiger partial charge is 0.479 e. The SMILES string of the molecule is CCC(C)(C)NC(=O)C(C)Oc1c(Br)cc(C=O)cc1Br. The van der Waals surface area contributed by atoms with Crippen LogP contribution in [0, 0.1) is 0 Å². The van der Waals surface area contributed by atoms with Crippen molar-refractivity contribution in [1.82, 2.24) is 5.32 Å². The van der Waals surface area contributed by atoms with E-state index in [4.69, 9.17) is 4.74 Å². The predicted molar refractivity (Wildman–Crippen MR) is 89.8 cm³/mol. The summed E-state index contributed by atoms with van der Waals surface area (Å²) in [4.78, 5) is 22.9. The van der Waals surface area contributed by atoms with Gasteiger partial charge < -0.3 is 10.1 Å². The van der Waals surface area contributed by atoms with E-state index in [2.05, 4.69) is 37.2 Å². The molecule has 1 N–H and O–H groups in total. The number of ether oxygens (including phenoxy) is 1. The van der Waals surface area contributed by atoms with Crippen LogP contribution in [0.3, 0.4) is 0 Å². The second-order valence-electron chi connectivity index (χ2n) is 5.42. The van der Waals surface area contributed by atoms with Gasteiger partial charge in [-0.1, -0.05) is 6.92 Å². The van der Waals surface area contributed by atoms with Crippen molar-refractivity contribution in [3.63, 3.8) is 0 Å². The van der Waals surface area contributed by atoms with Crippen molar-refractivity contribution < 1.29 is 14.3 Å². The molecule has 0 radical (unpaired) electrons. The Balaban J connectivity index is 2.86. The highest BCUT2D eigenvalue weighted by molar-refractivity contribution is 9.11. The smallest absolute Gasteiger partial charge is 0.261 e. The minimum Gasteiger partial charge on any atom is -0.479 e. The summed E-state index contributed by atoms with van der Waals surface area (Å²) in [5.41, 5.74) is 0.246. The zero-order valence-corrected chi connectivity index (χ0v) is 15.7. The van der Waals surface area contributed by atoms with Crippen LogP contribution in [0.15, 0.2) is 21.1 Å². The molecule has 0 spiro atoms. The summed E-state index contributed by atoms with van der Waals surface area (Å²) in [6.45, 7) is 7.62. The Morgan fingerprint density at radius 2 is 1.90 bits per heavy atom. The first-order valence-electron chi connectivity index (χ1n) is 6.63. The number of carbonyl (C=O) groups excluding carboxylic acids is 2. The van der Waals surface area contributed by atoms with Crippen LogP contribution in [-0.4, -0.2) is 23.8 Å². The summed E-state index contributed by atoms with van der Waals surface area (Å²) >= 11 is 6.69. The molecule has 0 aliphatic heterocycles. The molecule has 0 aliphatic rings. The average Bonchev–Trinajstić information content (AvgIpc) is 2.41. The van der Waals surface area contributed by atoms with Crippen LogP contribution in [-0.2, 0) is 4.79 Å². The second-order valence-corrected chi connectivity index (χ2v) is 7.13. The van der Waals surface area contributed by atoms with Gasteiger partial charge in [0, 0.05) is 11.1 Å². The molecule has 0 heterocycles. The van der Waals surface area contributed by atoms with E-state index in [-0.39, 0.29) is 11.4 Å². The number of hydrogen-bond donors (Lipinski definition) is 1. The minimum atomic E-state index is -0.648. The molecule has 1 atom stereocenters. The van der Waals surface area contributed by atoms with Crippen LogP contribution >= 0.6 is 31.9 Å². The Labute approximate surface area is 141 Å². The first kappa shape index (κ1) is 18.2. The average molecular weight is 421 g/mol. The lowest BCUT2D eigenvalue weighted by atomic mass is 10.0. The molecule has 1 aromatic carbocycles. The van der Waals surface area contributed by atoms with E-state index in [0.717, 1.165) is 12.7 Å². The van der Waals surface area contributed by atoms with Crippen molar-refractivity contribution in [3.05, 3.63) is 26.6 Å². The number of halogens is 2. The molecule has 1 amide bonds. The van der Waals surface area contributed by atoms with Gasteiger partial charge in [0.1, 0.15) is 12.0 Å². The van der Waals surface area contributed by atoms with Crippen molar-refractivity contribution in [3.8, 4) is 5.75 Å². The standard InChI is InChI=1S/C15H19Br2NO3/c1-5-15(3,4)18-14(20)9(2)21-13-11(16)6-10(8-19)7-12(13)17/h6-9H,5H2,1-4H3,(H,18,20). The third-order valence-electron chi connectivity index (χ3n) is 3.17. The van der Waals surface area contributed by atoms with Gasteiger partial charge in [-0.15, -0.1) is 0 Å². The number of amides is 1. The Bertz CT molecular complexity index is 521. The lowest BCUT2D eigenvalue weighted by Gasteiger charge is -2.27. The molecule has 0 fully saturated rings. The normalized spacial score (nSPS) is 12.7.